The molecule has 1 amide bonds. The molecular formula is C39H34N6O4. The number of carbonyl (C=O) groups excluding carboxylic acids is 1. The number of nitrogens with one attached hydrogen (secondary N) is 2. The van der Waals surface area contributed by atoms with Crippen LogP contribution in [0.15, 0.2) is 97.3 Å². The molecule has 4 aromatic carbocycles. The summed E-state index contributed by atoms with van der Waals surface area (Å²) in [5, 5.41) is 23.4. The minimum absolute atomic E-state index is 0.0466. The van der Waals surface area contributed by atoms with Crippen LogP contribution in [0.1, 0.15) is 54.1 Å². The number of carboxylic acid groups (broad SMARTS) is 1. The monoisotopic (exact) mass is 650 g/mol. The zero-order valence-electron chi connectivity index (χ0n) is 26.6. The molecule has 0 bridgehead atoms. The lowest BCUT2D eigenvalue weighted by Gasteiger charge is -2.25. The van der Waals surface area contributed by atoms with Crippen molar-refractivity contribution in [2.45, 2.75) is 50.6 Å². The molecule has 0 aliphatic heterocycles. The van der Waals surface area contributed by atoms with Crippen molar-refractivity contribution in [3.8, 4) is 28.4 Å². The van der Waals surface area contributed by atoms with Crippen LogP contribution in [0.25, 0.3) is 55.6 Å². The number of nitrogens with zero attached hydrogens (tertiary/aromatic N) is 4. The van der Waals surface area contributed by atoms with Gasteiger partial charge in [-0.3, -0.25) is 9.78 Å². The Morgan fingerprint density at radius 1 is 0.878 bits per heavy atom. The molecule has 4 N–H and O–H groups in total. The summed E-state index contributed by atoms with van der Waals surface area (Å²) in [5.41, 5.74) is 7.67. The Hall–Kier alpha value is -6.03. The third kappa shape index (κ3) is 5.86. The van der Waals surface area contributed by atoms with E-state index < -0.39 is 17.9 Å². The van der Waals surface area contributed by atoms with Crippen molar-refractivity contribution >= 4 is 44.8 Å². The summed E-state index contributed by atoms with van der Waals surface area (Å²) in [5.74, 6) is -0.760. The Labute approximate surface area is 281 Å². The van der Waals surface area contributed by atoms with Gasteiger partial charge < -0.3 is 25.1 Å². The predicted octanol–water partition coefficient (Wildman–Crippen LogP) is 7.43. The molecule has 0 saturated heterocycles. The first-order valence-corrected chi connectivity index (χ1v) is 16.6. The van der Waals surface area contributed by atoms with Gasteiger partial charge in [-0.1, -0.05) is 49.6 Å². The van der Waals surface area contributed by atoms with Gasteiger partial charge in [0.15, 0.2) is 0 Å². The number of aromatic nitrogens is 5. The van der Waals surface area contributed by atoms with E-state index >= 15 is 0 Å². The largest absolute Gasteiger partial charge is 0.508 e. The molecule has 8 rings (SSSR count). The van der Waals surface area contributed by atoms with Crippen molar-refractivity contribution in [1.82, 2.24) is 29.8 Å². The van der Waals surface area contributed by atoms with Crippen molar-refractivity contribution in [3.63, 3.8) is 0 Å². The standard InChI is InChI=1S/C39H34N6O4/c46-28-13-15-30-29(20-28)26(21-40-30)19-34(39(48)49)44-38(47)25-12-16-36-33(18-25)43-37(45(36)27-9-5-2-6-10-27)24-11-14-31-32(17-24)41-22-35(42-31)23-7-3-1-4-8-23/h1,3-4,7-8,11-18,20-22,27,34,40,46H,2,5-6,9-10,19H2,(H,44,47)(H,48,49). The zero-order chi connectivity index (χ0) is 33.5. The lowest BCUT2D eigenvalue weighted by atomic mass is 9.94. The number of rotatable bonds is 8. The maximum Gasteiger partial charge on any atom is 0.326 e. The van der Waals surface area contributed by atoms with Crippen LogP contribution in [-0.4, -0.2) is 52.6 Å². The van der Waals surface area contributed by atoms with Crippen molar-refractivity contribution in [2.75, 3.05) is 0 Å². The molecule has 7 aromatic rings. The van der Waals surface area contributed by atoms with Gasteiger partial charge in [-0.25, -0.2) is 14.8 Å². The van der Waals surface area contributed by atoms with E-state index in [0.717, 1.165) is 70.4 Å². The van der Waals surface area contributed by atoms with E-state index in [4.69, 9.17) is 15.0 Å². The first-order chi connectivity index (χ1) is 23.9. The number of fused-ring (bicyclic) bond motifs is 3. The average molecular weight is 651 g/mol. The van der Waals surface area contributed by atoms with Crippen LogP contribution in [0.2, 0.25) is 0 Å². The van der Waals surface area contributed by atoms with Gasteiger partial charge in [0.1, 0.15) is 17.6 Å². The molecule has 244 valence electrons. The molecular weight excluding hydrogens is 616 g/mol. The molecule has 0 spiro atoms. The van der Waals surface area contributed by atoms with Crippen molar-refractivity contribution in [2.24, 2.45) is 0 Å². The maximum atomic E-state index is 13.5. The third-order valence-electron chi connectivity index (χ3n) is 9.54. The van der Waals surface area contributed by atoms with Crippen LogP contribution in [0.5, 0.6) is 5.75 Å². The van der Waals surface area contributed by atoms with E-state index in [2.05, 4.69) is 14.9 Å². The maximum absolute atomic E-state index is 13.5. The smallest absolute Gasteiger partial charge is 0.326 e. The Bertz CT molecular complexity index is 2360. The summed E-state index contributed by atoms with van der Waals surface area (Å²) in [6.45, 7) is 0. The number of amides is 1. The lowest BCUT2D eigenvalue weighted by Crippen LogP contribution is -2.42. The number of hydrogen-bond donors (Lipinski definition) is 4. The van der Waals surface area contributed by atoms with Crippen molar-refractivity contribution in [1.29, 1.82) is 0 Å². The SMILES string of the molecule is O=C(NC(Cc1c[nH]c2ccc(O)cc12)C(=O)O)c1ccc2c(c1)nc(-c1ccc3nc(-c4ccccc4)cnc3c1)n2C1CCCCC1. The summed E-state index contributed by atoms with van der Waals surface area (Å²) in [6, 6.07) is 25.4. The fourth-order valence-corrected chi connectivity index (χ4v) is 7.05. The van der Waals surface area contributed by atoms with Gasteiger partial charge in [0.05, 0.1) is 34.0 Å². The fourth-order valence-electron chi connectivity index (χ4n) is 7.05. The normalized spacial score (nSPS) is 14.4. The highest BCUT2D eigenvalue weighted by atomic mass is 16.4. The number of benzene rings is 4. The Morgan fingerprint density at radius 2 is 1.71 bits per heavy atom. The highest BCUT2D eigenvalue weighted by Gasteiger charge is 2.26. The van der Waals surface area contributed by atoms with Gasteiger partial charge in [-0.2, -0.15) is 0 Å². The number of imidazole rings is 1. The number of phenols is 1. The summed E-state index contributed by atoms with van der Waals surface area (Å²) < 4.78 is 2.30. The van der Waals surface area contributed by atoms with E-state index in [1.54, 1.807) is 42.7 Å². The number of carboxylic acids is 1. The molecule has 3 aromatic heterocycles. The number of phenolic OH excluding ortho intramolecular Hbond substituents is 1. The van der Waals surface area contributed by atoms with Gasteiger partial charge in [0.25, 0.3) is 5.91 Å². The highest BCUT2D eigenvalue weighted by Crippen LogP contribution is 2.37. The molecule has 1 saturated carbocycles. The summed E-state index contributed by atoms with van der Waals surface area (Å²) in [6.07, 6.45) is 9.13. The Balaban J connectivity index is 1.12. The highest BCUT2D eigenvalue weighted by molar-refractivity contribution is 6.00. The quantitative estimate of drug-likeness (QED) is 0.134. The van der Waals surface area contributed by atoms with Gasteiger partial charge in [0, 0.05) is 46.3 Å². The summed E-state index contributed by atoms with van der Waals surface area (Å²) >= 11 is 0. The summed E-state index contributed by atoms with van der Waals surface area (Å²) in [4.78, 5) is 43.6. The van der Waals surface area contributed by atoms with Gasteiger partial charge in [-0.05, 0) is 73.0 Å². The summed E-state index contributed by atoms with van der Waals surface area (Å²) in [7, 11) is 0. The fraction of sp³-hybridized carbons (Fsp3) is 0.205. The van der Waals surface area contributed by atoms with E-state index in [1.165, 1.54) is 6.42 Å². The number of aliphatic carboxylic acids is 1. The predicted molar refractivity (Wildman–Crippen MR) is 188 cm³/mol. The second-order valence-corrected chi connectivity index (χ2v) is 12.7. The van der Waals surface area contributed by atoms with E-state index in [-0.39, 0.29) is 18.2 Å². The van der Waals surface area contributed by atoms with E-state index in [9.17, 15) is 19.8 Å². The molecule has 1 unspecified atom stereocenters. The number of aromatic hydroxyl groups is 1. The van der Waals surface area contributed by atoms with E-state index in [1.807, 2.05) is 54.6 Å². The molecule has 49 heavy (non-hydrogen) atoms. The zero-order valence-corrected chi connectivity index (χ0v) is 26.6. The van der Waals surface area contributed by atoms with Gasteiger partial charge >= 0.3 is 5.97 Å². The molecule has 0 radical (unpaired) electrons. The van der Waals surface area contributed by atoms with Crippen LogP contribution in [0, 0.1) is 0 Å². The van der Waals surface area contributed by atoms with Crippen LogP contribution >= 0.6 is 0 Å². The molecule has 3 heterocycles. The molecule has 1 aliphatic carbocycles. The number of H-pyrrole nitrogens is 1. The van der Waals surface area contributed by atoms with Crippen LogP contribution in [0.3, 0.4) is 0 Å². The Morgan fingerprint density at radius 3 is 2.53 bits per heavy atom. The number of carbonyl (C=O) groups is 2. The van der Waals surface area contributed by atoms with Crippen molar-refractivity contribution < 1.29 is 19.8 Å². The average Bonchev–Trinajstić information content (AvgIpc) is 3.72. The topological polar surface area (TPSA) is 146 Å². The van der Waals surface area contributed by atoms with Crippen LogP contribution in [0.4, 0.5) is 0 Å². The second-order valence-electron chi connectivity index (χ2n) is 12.7. The molecule has 10 nitrogen and oxygen atoms in total. The number of hydrogen-bond acceptors (Lipinski definition) is 6. The minimum Gasteiger partial charge on any atom is -0.508 e. The molecule has 1 fully saturated rings. The van der Waals surface area contributed by atoms with Crippen LogP contribution < -0.4 is 5.32 Å². The Kier molecular flexibility index (Phi) is 7.75. The number of aromatic amines is 1. The second kappa shape index (κ2) is 12.5. The molecule has 1 aliphatic rings. The van der Waals surface area contributed by atoms with Gasteiger partial charge in [-0.15, -0.1) is 0 Å². The molecule has 10 heteroatoms. The first kappa shape index (κ1) is 30.3. The van der Waals surface area contributed by atoms with Crippen LogP contribution in [-0.2, 0) is 11.2 Å². The third-order valence-corrected chi connectivity index (χ3v) is 9.54. The molecule has 1 atom stereocenters. The van der Waals surface area contributed by atoms with Crippen molar-refractivity contribution in [3.05, 3.63) is 108 Å². The minimum atomic E-state index is -1.18. The van der Waals surface area contributed by atoms with Gasteiger partial charge in [0.2, 0.25) is 0 Å². The van der Waals surface area contributed by atoms with E-state index in [0.29, 0.717) is 22.0 Å². The lowest BCUT2D eigenvalue weighted by molar-refractivity contribution is -0.139. The first-order valence-electron chi connectivity index (χ1n) is 16.6.